The molecule has 0 unspecified atom stereocenters. The number of hydrogen-bond donors (Lipinski definition) is 1. The van der Waals surface area contributed by atoms with E-state index in [4.69, 9.17) is 6.42 Å². The highest BCUT2D eigenvalue weighted by atomic mass is 79.9. The smallest absolute Gasteiger partial charge is 0.284 e. The van der Waals surface area contributed by atoms with Crippen LogP contribution < -0.4 is 10.9 Å². The highest BCUT2D eigenvalue weighted by Gasteiger charge is 2.07. The largest absolute Gasteiger partial charge is 0.383 e. The van der Waals surface area contributed by atoms with Crippen LogP contribution in [0.4, 0.5) is 5.69 Å². The molecule has 2 aromatic heterocycles. The minimum absolute atomic E-state index is 0.157. The van der Waals surface area contributed by atoms with Crippen molar-refractivity contribution in [1.82, 2.24) is 24.8 Å². The summed E-state index contributed by atoms with van der Waals surface area (Å²) in [6, 6.07) is 0. The lowest BCUT2D eigenvalue weighted by molar-refractivity contribution is 0.569. The monoisotopic (exact) mass is 336 g/mol. The Morgan fingerprint density at radius 3 is 3.05 bits per heavy atom. The second-order valence-electron chi connectivity index (χ2n) is 3.99. The van der Waals surface area contributed by atoms with Crippen LogP contribution in [0.25, 0.3) is 0 Å². The number of aryl methyl sites for hydroxylation is 1. The van der Waals surface area contributed by atoms with E-state index in [0.29, 0.717) is 16.7 Å². The molecule has 0 atom stereocenters. The summed E-state index contributed by atoms with van der Waals surface area (Å²) in [7, 11) is 0. The van der Waals surface area contributed by atoms with Gasteiger partial charge in [0.2, 0.25) is 0 Å². The first-order valence-electron chi connectivity index (χ1n) is 5.99. The Hall–Kier alpha value is -2.14. The van der Waals surface area contributed by atoms with Crippen molar-refractivity contribution in [2.45, 2.75) is 19.5 Å². The third-order valence-corrected chi connectivity index (χ3v) is 3.34. The van der Waals surface area contributed by atoms with E-state index < -0.39 is 0 Å². The molecule has 2 aromatic rings. The van der Waals surface area contributed by atoms with Gasteiger partial charge in [0, 0.05) is 19.3 Å². The summed E-state index contributed by atoms with van der Waals surface area (Å²) in [4.78, 5) is 11.9. The average molecular weight is 337 g/mol. The average Bonchev–Trinajstić information content (AvgIpc) is 2.95. The second kappa shape index (κ2) is 6.86. The molecule has 0 spiro atoms. The summed E-state index contributed by atoms with van der Waals surface area (Å²) >= 11 is 3.26. The summed E-state index contributed by atoms with van der Waals surface area (Å²) < 4.78 is 3.41. The molecule has 0 saturated heterocycles. The van der Waals surface area contributed by atoms with E-state index in [-0.39, 0.29) is 12.1 Å². The normalized spacial score (nSPS) is 10.2. The Bertz CT molecular complexity index is 658. The fourth-order valence-electron chi connectivity index (χ4n) is 1.60. The molecule has 104 valence electrons. The molecule has 2 heterocycles. The van der Waals surface area contributed by atoms with Crippen molar-refractivity contribution in [3.8, 4) is 12.3 Å². The van der Waals surface area contributed by atoms with Crippen molar-refractivity contribution in [3.05, 3.63) is 33.4 Å². The predicted molar refractivity (Wildman–Crippen MR) is 78.2 cm³/mol. The lowest BCUT2D eigenvalue weighted by atomic mass is 10.4. The maximum absolute atomic E-state index is 11.9. The molecule has 0 bridgehead atoms. The van der Waals surface area contributed by atoms with Crippen molar-refractivity contribution >= 4 is 21.6 Å². The third kappa shape index (κ3) is 3.45. The van der Waals surface area contributed by atoms with Gasteiger partial charge in [0.25, 0.3) is 5.56 Å². The van der Waals surface area contributed by atoms with Crippen LogP contribution in [0.2, 0.25) is 0 Å². The van der Waals surface area contributed by atoms with Gasteiger partial charge in [-0.25, -0.2) is 4.68 Å². The second-order valence-corrected chi connectivity index (χ2v) is 4.78. The summed E-state index contributed by atoms with van der Waals surface area (Å²) in [5, 5.41) is 14.7. The number of terminal acetylenes is 1. The zero-order valence-electron chi connectivity index (χ0n) is 10.7. The lowest BCUT2D eigenvalue weighted by Gasteiger charge is -2.09. The van der Waals surface area contributed by atoms with E-state index in [1.54, 1.807) is 23.3 Å². The molecule has 0 fully saturated rings. The summed E-state index contributed by atoms with van der Waals surface area (Å²) in [5.41, 5.74) is 0.408. The molecule has 8 heteroatoms. The van der Waals surface area contributed by atoms with Gasteiger partial charge < -0.3 is 5.32 Å². The Morgan fingerprint density at radius 2 is 2.35 bits per heavy atom. The summed E-state index contributed by atoms with van der Waals surface area (Å²) in [6.45, 7) is 1.61. The molecule has 0 radical (unpaired) electrons. The number of nitrogens with zero attached hydrogens (tertiary/aromatic N) is 5. The fourth-order valence-corrected chi connectivity index (χ4v) is 2.05. The molecule has 0 saturated carbocycles. The van der Waals surface area contributed by atoms with Crippen molar-refractivity contribution in [2.75, 3.05) is 11.9 Å². The summed E-state index contributed by atoms with van der Waals surface area (Å²) in [6.07, 6.45) is 11.0. The van der Waals surface area contributed by atoms with Crippen molar-refractivity contribution in [3.63, 3.8) is 0 Å². The quantitative estimate of drug-likeness (QED) is 0.621. The molecule has 0 aliphatic carbocycles. The van der Waals surface area contributed by atoms with E-state index >= 15 is 0 Å². The first-order chi connectivity index (χ1) is 9.72. The van der Waals surface area contributed by atoms with E-state index in [1.807, 2.05) is 0 Å². The van der Waals surface area contributed by atoms with E-state index in [2.05, 4.69) is 42.6 Å². The molecule has 7 nitrogen and oxygen atoms in total. The zero-order chi connectivity index (χ0) is 14.4. The molecular weight excluding hydrogens is 324 g/mol. The van der Waals surface area contributed by atoms with E-state index in [1.165, 1.54) is 4.68 Å². The number of rotatable bonds is 6. The van der Waals surface area contributed by atoms with Crippen LogP contribution in [0.3, 0.4) is 0 Å². The minimum atomic E-state index is -0.246. The van der Waals surface area contributed by atoms with Crippen LogP contribution in [0.1, 0.15) is 6.42 Å². The van der Waals surface area contributed by atoms with Gasteiger partial charge in [-0.05, 0) is 22.4 Å². The zero-order valence-corrected chi connectivity index (χ0v) is 12.2. The Morgan fingerprint density at radius 1 is 1.50 bits per heavy atom. The first-order valence-corrected chi connectivity index (χ1v) is 6.78. The molecule has 0 aliphatic rings. The van der Waals surface area contributed by atoms with Gasteiger partial charge in [0.15, 0.2) is 0 Å². The highest BCUT2D eigenvalue weighted by Crippen LogP contribution is 2.15. The number of hydrogen-bond acceptors (Lipinski definition) is 5. The van der Waals surface area contributed by atoms with Crippen LogP contribution in [0.5, 0.6) is 0 Å². The van der Waals surface area contributed by atoms with Crippen molar-refractivity contribution in [1.29, 1.82) is 0 Å². The summed E-state index contributed by atoms with van der Waals surface area (Å²) in [5.74, 6) is 2.38. The molecule has 0 aliphatic heterocycles. The van der Waals surface area contributed by atoms with Crippen LogP contribution in [-0.4, -0.2) is 31.3 Å². The topological polar surface area (TPSA) is 77.6 Å². The first kappa shape index (κ1) is 14.3. The fraction of sp³-hybridized carbons (Fsp3) is 0.333. The maximum atomic E-state index is 11.9. The third-order valence-electron chi connectivity index (χ3n) is 2.58. The Labute approximate surface area is 124 Å². The lowest BCUT2D eigenvalue weighted by Crippen LogP contribution is -2.24. The molecule has 0 amide bonds. The van der Waals surface area contributed by atoms with Gasteiger partial charge >= 0.3 is 0 Å². The van der Waals surface area contributed by atoms with Crippen LogP contribution in [-0.2, 0) is 13.1 Å². The van der Waals surface area contributed by atoms with Crippen LogP contribution in [0.15, 0.2) is 27.9 Å². The van der Waals surface area contributed by atoms with Gasteiger partial charge in [0.1, 0.15) is 11.0 Å². The van der Waals surface area contributed by atoms with Gasteiger partial charge in [-0.1, -0.05) is 11.1 Å². The van der Waals surface area contributed by atoms with Gasteiger partial charge in [0.05, 0.1) is 18.1 Å². The Balaban J connectivity index is 1.92. The SMILES string of the molecule is C#CCn1ncc(NCCCn2ccnn2)c(Br)c1=O. The van der Waals surface area contributed by atoms with Crippen molar-refractivity contribution in [2.24, 2.45) is 0 Å². The van der Waals surface area contributed by atoms with Crippen LogP contribution in [0, 0.1) is 12.3 Å². The molecule has 2 rings (SSSR count). The predicted octanol–water partition coefficient (Wildman–Crippen LogP) is 0.733. The molecule has 1 N–H and O–H groups in total. The molecule has 0 aromatic carbocycles. The van der Waals surface area contributed by atoms with Gasteiger partial charge in [-0.2, -0.15) is 5.10 Å². The van der Waals surface area contributed by atoms with Crippen molar-refractivity contribution < 1.29 is 0 Å². The Kier molecular flexibility index (Phi) is 4.90. The standard InChI is InChI=1S/C12H13BrN6O/c1-2-6-19-12(20)11(13)10(9-16-19)14-4-3-7-18-8-5-15-17-18/h1,5,8-9,14H,3-4,6-7H2. The highest BCUT2D eigenvalue weighted by molar-refractivity contribution is 9.10. The number of anilines is 1. The minimum Gasteiger partial charge on any atom is -0.383 e. The molecule has 20 heavy (non-hydrogen) atoms. The van der Waals surface area contributed by atoms with Gasteiger partial charge in [-0.15, -0.1) is 11.5 Å². The maximum Gasteiger partial charge on any atom is 0.284 e. The van der Waals surface area contributed by atoms with E-state index in [9.17, 15) is 4.79 Å². The van der Waals surface area contributed by atoms with Crippen LogP contribution >= 0.6 is 15.9 Å². The van der Waals surface area contributed by atoms with Gasteiger partial charge in [-0.3, -0.25) is 9.48 Å². The molecular formula is C12H13BrN6O. The number of nitrogens with one attached hydrogen (secondary N) is 1. The number of aromatic nitrogens is 5. The van der Waals surface area contributed by atoms with E-state index in [0.717, 1.165) is 13.0 Å². The number of halogens is 1.